The van der Waals surface area contributed by atoms with Crippen LogP contribution in [0.15, 0.2) is 34.8 Å². The molecule has 2 aromatic carbocycles. The molecular formula is C16H16BrClO3. The van der Waals surface area contributed by atoms with Crippen molar-refractivity contribution in [2.45, 2.75) is 13.0 Å². The highest BCUT2D eigenvalue weighted by Gasteiger charge is 2.19. The molecule has 0 aliphatic heterocycles. The lowest BCUT2D eigenvalue weighted by Crippen LogP contribution is -2.04. The molecule has 0 aromatic heterocycles. The molecule has 5 heteroatoms. The Morgan fingerprint density at radius 3 is 2.29 bits per heavy atom. The molecule has 3 nitrogen and oxygen atoms in total. The molecule has 0 aliphatic carbocycles. The van der Waals surface area contributed by atoms with Gasteiger partial charge in [0.1, 0.15) is 6.10 Å². The fourth-order valence-corrected chi connectivity index (χ4v) is 2.87. The van der Waals surface area contributed by atoms with Crippen LogP contribution in [0, 0.1) is 6.92 Å². The van der Waals surface area contributed by atoms with Crippen LogP contribution in [0.5, 0.6) is 11.5 Å². The average molecular weight is 372 g/mol. The van der Waals surface area contributed by atoms with E-state index >= 15 is 0 Å². The topological polar surface area (TPSA) is 38.7 Å². The lowest BCUT2D eigenvalue weighted by atomic mass is 9.97. The summed E-state index contributed by atoms with van der Waals surface area (Å²) in [5.41, 5.74) is 2.42. The van der Waals surface area contributed by atoms with Crippen molar-refractivity contribution < 1.29 is 14.6 Å². The van der Waals surface area contributed by atoms with E-state index in [1.165, 1.54) is 0 Å². The van der Waals surface area contributed by atoms with Crippen LogP contribution in [0.1, 0.15) is 22.8 Å². The molecule has 1 atom stereocenters. The molecule has 21 heavy (non-hydrogen) atoms. The summed E-state index contributed by atoms with van der Waals surface area (Å²) in [6, 6.07) is 8.99. The van der Waals surface area contributed by atoms with Crippen LogP contribution in [0.25, 0.3) is 0 Å². The van der Waals surface area contributed by atoms with Crippen LogP contribution in [0.2, 0.25) is 5.02 Å². The molecule has 1 N–H and O–H groups in total. The van der Waals surface area contributed by atoms with Gasteiger partial charge in [-0.25, -0.2) is 0 Å². The summed E-state index contributed by atoms with van der Waals surface area (Å²) in [5.74, 6) is 1.16. The number of aliphatic hydroxyl groups is 1. The second kappa shape index (κ2) is 6.69. The minimum atomic E-state index is -0.808. The molecule has 0 radical (unpaired) electrons. The molecule has 0 fully saturated rings. The average Bonchev–Trinajstić information content (AvgIpc) is 2.48. The number of aryl methyl sites for hydroxylation is 1. The first-order chi connectivity index (χ1) is 9.97. The first-order valence-electron chi connectivity index (χ1n) is 6.33. The van der Waals surface area contributed by atoms with E-state index in [2.05, 4.69) is 15.9 Å². The third kappa shape index (κ3) is 3.34. The first-order valence-corrected chi connectivity index (χ1v) is 7.50. The molecule has 112 valence electrons. The van der Waals surface area contributed by atoms with Crippen molar-refractivity contribution in [1.29, 1.82) is 0 Å². The summed E-state index contributed by atoms with van der Waals surface area (Å²) >= 11 is 9.49. The van der Waals surface area contributed by atoms with E-state index in [0.717, 1.165) is 15.6 Å². The van der Waals surface area contributed by atoms with Crippen molar-refractivity contribution in [1.82, 2.24) is 0 Å². The van der Waals surface area contributed by atoms with E-state index in [4.69, 9.17) is 21.1 Å². The maximum Gasteiger partial charge on any atom is 0.161 e. The second-order valence-electron chi connectivity index (χ2n) is 4.63. The third-order valence-corrected chi connectivity index (χ3v) is 4.26. The van der Waals surface area contributed by atoms with Crippen LogP contribution in [-0.4, -0.2) is 19.3 Å². The van der Waals surface area contributed by atoms with Crippen LogP contribution >= 0.6 is 27.5 Å². The van der Waals surface area contributed by atoms with E-state index < -0.39 is 6.10 Å². The molecule has 1 unspecified atom stereocenters. The molecule has 0 saturated carbocycles. The Kier molecular flexibility index (Phi) is 5.14. The number of hydrogen-bond acceptors (Lipinski definition) is 3. The predicted octanol–water partition coefficient (Wildman–Crippen LogP) is 4.51. The van der Waals surface area contributed by atoms with E-state index in [1.807, 2.05) is 13.0 Å². The molecule has 0 heterocycles. The van der Waals surface area contributed by atoms with Gasteiger partial charge >= 0.3 is 0 Å². The lowest BCUT2D eigenvalue weighted by molar-refractivity contribution is 0.218. The van der Waals surface area contributed by atoms with Gasteiger partial charge in [0.05, 0.1) is 14.2 Å². The monoisotopic (exact) mass is 370 g/mol. The van der Waals surface area contributed by atoms with Crippen molar-refractivity contribution in [2.75, 3.05) is 14.2 Å². The largest absolute Gasteiger partial charge is 0.493 e. The van der Waals surface area contributed by atoms with Gasteiger partial charge in [0.15, 0.2) is 11.5 Å². The summed E-state index contributed by atoms with van der Waals surface area (Å²) in [4.78, 5) is 0. The third-order valence-electron chi connectivity index (χ3n) is 3.33. The van der Waals surface area contributed by atoms with Crippen molar-refractivity contribution >= 4 is 27.5 Å². The van der Waals surface area contributed by atoms with Gasteiger partial charge in [0, 0.05) is 15.1 Å². The molecular weight excluding hydrogens is 356 g/mol. The Hall–Kier alpha value is -1.23. The highest BCUT2D eigenvalue weighted by atomic mass is 79.9. The number of rotatable bonds is 4. The Bertz CT molecular complexity index is 658. The van der Waals surface area contributed by atoms with Gasteiger partial charge in [-0.15, -0.1) is 0 Å². The Morgan fingerprint density at radius 2 is 1.67 bits per heavy atom. The number of ether oxygens (including phenoxy) is 2. The highest BCUT2D eigenvalue weighted by molar-refractivity contribution is 9.10. The number of methoxy groups -OCH3 is 2. The number of aliphatic hydroxyl groups excluding tert-OH is 1. The first kappa shape index (κ1) is 16.1. The Labute approximate surface area is 137 Å². The van der Waals surface area contributed by atoms with Gasteiger partial charge in [-0.3, -0.25) is 0 Å². The lowest BCUT2D eigenvalue weighted by Gasteiger charge is -2.18. The van der Waals surface area contributed by atoms with Crippen LogP contribution < -0.4 is 9.47 Å². The zero-order valence-electron chi connectivity index (χ0n) is 12.0. The minimum Gasteiger partial charge on any atom is -0.493 e. The highest BCUT2D eigenvalue weighted by Crippen LogP contribution is 2.38. The minimum absolute atomic E-state index is 0.564. The van der Waals surface area contributed by atoms with Gasteiger partial charge in [-0.2, -0.15) is 0 Å². The molecule has 2 aromatic rings. The maximum absolute atomic E-state index is 10.7. The number of benzene rings is 2. The predicted molar refractivity (Wildman–Crippen MR) is 87.5 cm³/mol. The van der Waals surface area contributed by atoms with Crippen LogP contribution in [-0.2, 0) is 0 Å². The van der Waals surface area contributed by atoms with Gasteiger partial charge in [-0.1, -0.05) is 33.6 Å². The van der Waals surface area contributed by atoms with Crippen molar-refractivity contribution in [3.05, 3.63) is 56.5 Å². The Morgan fingerprint density at radius 1 is 1.05 bits per heavy atom. The van der Waals surface area contributed by atoms with Crippen LogP contribution in [0.4, 0.5) is 0 Å². The molecule has 0 aliphatic rings. The van der Waals surface area contributed by atoms with E-state index in [9.17, 15) is 5.11 Å². The van der Waals surface area contributed by atoms with E-state index in [1.54, 1.807) is 38.5 Å². The van der Waals surface area contributed by atoms with Gasteiger partial charge in [0.2, 0.25) is 0 Å². The summed E-state index contributed by atoms with van der Waals surface area (Å²) in [7, 11) is 3.13. The molecule has 0 amide bonds. The quantitative estimate of drug-likeness (QED) is 0.859. The van der Waals surface area contributed by atoms with Crippen molar-refractivity contribution in [3.8, 4) is 11.5 Å². The smallest absolute Gasteiger partial charge is 0.161 e. The fourth-order valence-electron chi connectivity index (χ4n) is 2.15. The molecule has 2 rings (SSSR count). The number of halogens is 2. The fraction of sp³-hybridized carbons (Fsp3) is 0.250. The van der Waals surface area contributed by atoms with Crippen molar-refractivity contribution in [2.24, 2.45) is 0 Å². The van der Waals surface area contributed by atoms with E-state index in [0.29, 0.717) is 22.1 Å². The zero-order chi connectivity index (χ0) is 15.6. The Balaban J connectivity index is 2.52. The van der Waals surface area contributed by atoms with Gasteiger partial charge in [0.25, 0.3) is 0 Å². The number of hydrogen-bond donors (Lipinski definition) is 1. The van der Waals surface area contributed by atoms with Gasteiger partial charge in [-0.05, 0) is 42.3 Å². The summed E-state index contributed by atoms with van der Waals surface area (Å²) in [5, 5.41) is 11.3. The SMILES string of the molecule is COc1cc(Br)c(C(O)c2cc(Cl)ccc2C)cc1OC. The zero-order valence-corrected chi connectivity index (χ0v) is 14.3. The van der Waals surface area contributed by atoms with Crippen LogP contribution in [0.3, 0.4) is 0 Å². The summed E-state index contributed by atoms with van der Waals surface area (Å²) < 4.78 is 11.3. The maximum atomic E-state index is 10.7. The van der Waals surface area contributed by atoms with Crippen molar-refractivity contribution in [3.63, 3.8) is 0 Å². The summed E-state index contributed by atoms with van der Waals surface area (Å²) in [6.45, 7) is 1.93. The molecule has 0 spiro atoms. The normalized spacial score (nSPS) is 12.1. The van der Waals surface area contributed by atoms with Gasteiger partial charge < -0.3 is 14.6 Å². The molecule has 0 saturated heterocycles. The standard InChI is InChI=1S/C16H16BrClO3/c1-9-4-5-10(18)6-11(9)16(19)12-7-14(20-2)15(21-3)8-13(12)17/h4-8,16,19H,1-3H3. The molecule has 0 bridgehead atoms. The summed E-state index contributed by atoms with van der Waals surface area (Å²) in [6.07, 6.45) is -0.808. The van der Waals surface area contributed by atoms with E-state index in [-0.39, 0.29) is 0 Å². The second-order valence-corrected chi connectivity index (χ2v) is 5.92.